The molecule has 0 radical (unpaired) electrons. The molecule has 0 aliphatic carbocycles. The Morgan fingerprint density at radius 1 is 1.18 bits per heavy atom. The van der Waals surface area contributed by atoms with Gasteiger partial charge in [-0.15, -0.1) is 0 Å². The van der Waals surface area contributed by atoms with Crippen molar-refractivity contribution in [3.05, 3.63) is 65.0 Å². The molecule has 6 nitrogen and oxygen atoms in total. The smallest absolute Gasteiger partial charge is 0.227 e. The SMILES string of the molecule is CCOc1ccc(-c2noc(CCC(=O)N(C)Cc3ccccc3Cl)n2)cc1. The summed E-state index contributed by atoms with van der Waals surface area (Å²) >= 11 is 6.16. The predicted octanol–water partition coefficient (Wildman–Crippen LogP) is 4.38. The van der Waals surface area contributed by atoms with E-state index in [2.05, 4.69) is 10.1 Å². The Kier molecular flexibility index (Phi) is 6.66. The number of amides is 1. The number of aryl methyl sites for hydroxylation is 1. The normalized spacial score (nSPS) is 10.7. The van der Waals surface area contributed by atoms with Gasteiger partial charge in [-0.1, -0.05) is 35.0 Å². The van der Waals surface area contributed by atoms with Crippen LogP contribution in [0.2, 0.25) is 5.02 Å². The highest BCUT2D eigenvalue weighted by Gasteiger charge is 2.14. The van der Waals surface area contributed by atoms with Crippen molar-refractivity contribution >= 4 is 17.5 Å². The Hall–Kier alpha value is -2.86. The van der Waals surface area contributed by atoms with E-state index in [1.807, 2.05) is 55.5 Å². The van der Waals surface area contributed by atoms with E-state index in [1.165, 1.54) is 0 Å². The van der Waals surface area contributed by atoms with Crippen molar-refractivity contribution in [1.29, 1.82) is 0 Å². The molecular weight excluding hydrogens is 378 g/mol. The number of hydrogen-bond acceptors (Lipinski definition) is 5. The van der Waals surface area contributed by atoms with Crippen molar-refractivity contribution in [2.24, 2.45) is 0 Å². The van der Waals surface area contributed by atoms with Crippen molar-refractivity contribution in [3.8, 4) is 17.1 Å². The van der Waals surface area contributed by atoms with E-state index in [0.29, 0.717) is 36.3 Å². The Morgan fingerprint density at radius 2 is 1.93 bits per heavy atom. The Balaban J connectivity index is 1.55. The van der Waals surface area contributed by atoms with Crippen molar-refractivity contribution in [3.63, 3.8) is 0 Å². The summed E-state index contributed by atoms with van der Waals surface area (Å²) in [6.07, 6.45) is 0.668. The number of aromatic nitrogens is 2. The second-order valence-corrected chi connectivity index (χ2v) is 6.72. The van der Waals surface area contributed by atoms with Gasteiger partial charge in [-0.25, -0.2) is 0 Å². The summed E-state index contributed by atoms with van der Waals surface area (Å²) in [5, 5.41) is 4.65. The van der Waals surface area contributed by atoms with E-state index in [0.717, 1.165) is 16.9 Å². The van der Waals surface area contributed by atoms with Crippen LogP contribution in [0.4, 0.5) is 0 Å². The number of halogens is 1. The molecule has 0 saturated heterocycles. The first-order valence-corrected chi connectivity index (χ1v) is 9.47. The van der Waals surface area contributed by atoms with Crippen LogP contribution in [-0.4, -0.2) is 34.6 Å². The Morgan fingerprint density at radius 3 is 2.64 bits per heavy atom. The first-order valence-electron chi connectivity index (χ1n) is 9.10. The average molecular weight is 400 g/mol. The van der Waals surface area contributed by atoms with Gasteiger partial charge in [0, 0.05) is 37.0 Å². The number of carbonyl (C=O) groups is 1. The van der Waals surface area contributed by atoms with Crippen LogP contribution < -0.4 is 4.74 Å². The summed E-state index contributed by atoms with van der Waals surface area (Å²) in [6.45, 7) is 3.01. The van der Waals surface area contributed by atoms with Gasteiger partial charge in [0.2, 0.25) is 17.6 Å². The first kappa shape index (κ1) is 19.9. The number of ether oxygens (including phenoxy) is 1. The summed E-state index contributed by atoms with van der Waals surface area (Å²) < 4.78 is 10.7. The van der Waals surface area contributed by atoms with Crippen LogP contribution in [0.3, 0.4) is 0 Å². The van der Waals surface area contributed by atoms with Gasteiger partial charge in [0.05, 0.1) is 6.61 Å². The highest BCUT2D eigenvalue weighted by molar-refractivity contribution is 6.31. The topological polar surface area (TPSA) is 68.5 Å². The van der Waals surface area contributed by atoms with E-state index in [1.54, 1.807) is 11.9 Å². The van der Waals surface area contributed by atoms with Crippen LogP contribution in [0.1, 0.15) is 24.8 Å². The van der Waals surface area contributed by atoms with Gasteiger partial charge in [0.15, 0.2) is 0 Å². The van der Waals surface area contributed by atoms with Gasteiger partial charge in [-0.05, 0) is 42.8 Å². The monoisotopic (exact) mass is 399 g/mol. The molecule has 1 heterocycles. The fraction of sp³-hybridized carbons (Fsp3) is 0.286. The van der Waals surface area contributed by atoms with Crippen LogP contribution in [0.25, 0.3) is 11.4 Å². The standard InChI is InChI=1S/C21H22ClN3O3/c1-3-27-17-10-8-15(9-11-17)21-23-19(28-24-21)12-13-20(26)25(2)14-16-6-4-5-7-18(16)22/h4-11H,3,12-14H2,1-2H3. The predicted molar refractivity (Wildman–Crippen MR) is 107 cm³/mol. The van der Waals surface area contributed by atoms with E-state index < -0.39 is 0 Å². The summed E-state index contributed by atoms with van der Waals surface area (Å²) in [4.78, 5) is 18.4. The lowest BCUT2D eigenvalue weighted by Crippen LogP contribution is -2.26. The maximum Gasteiger partial charge on any atom is 0.227 e. The Bertz CT molecular complexity index is 925. The highest BCUT2D eigenvalue weighted by Crippen LogP contribution is 2.21. The molecule has 146 valence electrons. The third-order valence-corrected chi connectivity index (χ3v) is 4.60. The van der Waals surface area contributed by atoms with Crippen LogP contribution in [0.5, 0.6) is 5.75 Å². The zero-order chi connectivity index (χ0) is 19.9. The van der Waals surface area contributed by atoms with Crippen LogP contribution in [0, 0.1) is 0 Å². The largest absolute Gasteiger partial charge is 0.494 e. The minimum absolute atomic E-state index is 0.0132. The van der Waals surface area contributed by atoms with Crippen molar-refractivity contribution in [1.82, 2.24) is 15.0 Å². The third kappa shape index (κ3) is 5.10. The number of hydrogen-bond donors (Lipinski definition) is 0. The van der Waals surface area contributed by atoms with Crippen LogP contribution in [-0.2, 0) is 17.8 Å². The van der Waals surface area contributed by atoms with Crippen LogP contribution >= 0.6 is 11.6 Å². The van der Waals surface area contributed by atoms with Crippen molar-refractivity contribution in [2.75, 3.05) is 13.7 Å². The van der Waals surface area contributed by atoms with Gasteiger partial charge in [0.25, 0.3) is 0 Å². The zero-order valence-corrected chi connectivity index (χ0v) is 16.6. The highest BCUT2D eigenvalue weighted by atomic mass is 35.5. The summed E-state index contributed by atoms with van der Waals surface area (Å²) in [5.74, 6) is 1.71. The lowest BCUT2D eigenvalue weighted by atomic mass is 10.2. The molecule has 2 aromatic carbocycles. The molecule has 1 aromatic heterocycles. The number of carbonyl (C=O) groups excluding carboxylic acids is 1. The average Bonchev–Trinajstić information content (AvgIpc) is 3.17. The van der Waals surface area contributed by atoms with Gasteiger partial charge in [0.1, 0.15) is 5.75 Å². The molecule has 3 aromatic rings. The maximum absolute atomic E-state index is 12.4. The molecule has 0 aliphatic rings. The third-order valence-electron chi connectivity index (χ3n) is 4.24. The van der Waals surface area contributed by atoms with Gasteiger partial charge >= 0.3 is 0 Å². The van der Waals surface area contributed by atoms with E-state index in [9.17, 15) is 4.79 Å². The molecule has 0 saturated carbocycles. The molecule has 0 atom stereocenters. The zero-order valence-electron chi connectivity index (χ0n) is 15.9. The molecule has 0 N–H and O–H groups in total. The van der Waals surface area contributed by atoms with Gasteiger partial charge in [-0.2, -0.15) is 4.98 Å². The number of benzene rings is 2. The van der Waals surface area contributed by atoms with E-state index >= 15 is 0 Å². The van der Waals surface area contributed by atoms with Gasteiger partial charge in [-0.3, -0.25) is 4.79 Å². The van der Waals surface area contributed by atoms with E-state index in [-0.39, 0.29) is 12.3 Å². The summed E-state index contributed by atoms with van der Waals surface area (Å²) in [6, 6.07) is 15.0. The molecule has 0 fully saturated rings. The van der Waals surface area contributed by atoms with E-state index in [4.69, 9.17) is 20.9 Å². The molecule has 3 rings (SSSR count). The fourth-order valence-corrected chi connectivity index (χ4v) is 2.91. The molecule has 7 heteroatoms. The fourth-order valence-electron chi connectivity index (χ4n) is 2.72. The molecule has 28 heavy (non-hydrogen) atoms. The van der Waals surface area contributed by atoms with Crippen molar-refractivity contribution in [2.45, 2.75) is 26.3 Å². The first-order chi connectivity index (χ1) is 13.6. The second-order valence-electron chi connectivity index (χ2n) is 6.31. The van der Waals surface area contributed by atoms with Crippen molar-refractivity contribution < 1.29 is 14.1 Å². The summed E-state index contributed by atoms with van der Waals surface area (Å²) in [5.41, 5.74) is 1.75. The summed E-state index contributed by atoms with van der Waals surface area (Å²) in [7, 11) is 1.75. The quantitative estimate of drug-likeness (QED) is 0.562. The molecular formula is C21H22ClN3O3. The maximum atomic E-state index is 12.4. The molecule has 0 bridgehead atoms. The molecule has 0 spiro atoms. The molecule has 1 amide bonds. The van der Waals surface area contributed by atoms with Gasteiger partial charge < -0.3 is 14.2 Å². The number of nitrogens with zero attached hydrogens (tertiary/aromatic N) is 3. The second kappa shape index (κ2) is 9.37. The lowest BCUT2D eigenvalue weighted by molar-refractivity contribution is -0.130. The number of rotatable bonds is 8. The molecule has 0 unspecified atom stereocenters. The minimum Gasteiger partial charge on any atom is -0.494 e. The lowest BCUT2D eigenvalue weighted by Gasteiger charge is -2.17. The Labute approximate surface area is 169 Å². The minimum atomic E-state index is -0.0132. The van der Waals surface area contributed by atoms with Crippen LogP contribution in [0.15, 0.2) is 53.1 Å². The molecule has 0 aliphatic heterocycles.